The number of carboxylic acid groups (broad SMARTS) is 1. The van der Waals surface area contributed by atoms with E-state index in [1.54, 1.807) is 6.20 Å². The average Bonchev–Trinajstić information content (AvgIpc) is 3.07. The highest BCUT2D eigenvalue weighted by molar-refractivity contribution is 5.91. The van der Waals surface area contributed by atoms with Crippen LogP contribution >= 0.6 is 0 Å². The van der Waals surface area contributed by atoms with E-state index >= 15 is 0 Å². The van der Waals surface area contributed by atoms with Crippen LogP contribution in [0.15, 0.2) is 35.2 Å². The third-order valence-corrected chi connectivity index (χ3v) is 2.59. The summed E-state index contributed by atoms with van der Waals surface area (Å²) in [5, 5.41) is 12.8. The highest BCUT2D eigenvalue weighted by Gasteiger charge is 2.20. The van der Waals surface area contributed by atoms with Crippen molar-refractivity contribution in [3.63, 3.8) is 0 Å². The number of H-pyrrole nitrogens is 1. The highest BCUT2D eigenvalue weighted by atomic mass is 16.5. The number of hydrogen-bond acceptors (Lipinski definition) is 6. The molecule has 0 radical (unpaired) electrons. The maximum Gasteiger partial charge on any atom is 0.356 e. The predicted molar refractivity (Wildman–Crippen MR) is 65.9 cm³/mol. The van der Waals surface area contributed by atoms with Crippen LogP contribution in [0.5, 0.6) is 0 Å². The monoisotopic (exact) mass is 271 g/mol. The zero-order chi connectivity index (χ0) is 13.9. The predicted octanol–water partition coefficient (Wildman–Crippen LogP) is 1.14. The van der Waals surface area contributed by atoms with Crippen molar-refractivity contribution in [1.29, 1.82) is 0 Å². The standard InChI is InChI=1S/C12H9N5O3/c18-12(19)10-9(14-6-15-10)11-16-8(17-20-11)5-7-3-1-2-4-13-7/h1-4,6H,5H2,(H,14,15)(H,18,19). The van der Waals surface area contributed by atoms with Crippen molar-refractivity contribution < 1.29 is 14.4 Å². The van der Waals surface area contributed by atoms with Gasteiger partial charge in [-0.25, -0.2) is 9.78 Å². The molecule has 0 aromatic carbocycles. The molecular weight excluding hydrogens is 262 g/mol. The summed E-state index contributed by atoms with van der Waals surface area (Å²) < 4.78 is 5.05. The van der Waals surface area contributed by atoms with E-state index in [1.807, 2.05) is 18.2 Å². The first-order valence-electron chi connectivity index (χ1n) is 5.73. The Hall–Kier alpha value is -3.03. The molecule has 0 aliphatic carbocycles. The number of nitrogens with zero attached hydrogens (tertiary/aromatic N) is 4. The summed E-state index contributed by atoms with van der Waals surface area (Å²) >= 11 is 0. The Kier molecular flexibility index (Phi) is 2.96. The molecule has 0 bridgehead atoms. The maximum absolute atomic E-state index is 11.0. The number of imidazole rings is 1. The molecule has 20 heavy (non-hydrogen) atoms. The van der Waals surface area contributed by atoms with Crippen LogP contribution in [0.25, 0.3) is 11.6 Å². The maximum atomic E-state index is 11.0. The van der Waals surface area contributed by atoms with Crippen LogP contribution in [-0.2, 0) is 6.42 Å². The van der Waals surface area contributed by atoms with Gasteiger partial charge in [0, 0.05) is 11.9 Å². The smallest absolute Gasteiger partial charge is 0.356 e. The van der Waals surface area contributed by atoms with Crippen molar-refractivity contribution in [3.8, 4) is 11.6 Å². The molecule has 0 saturated carbocycles. The van der Waals surface area contributed by atoms with E-state index in [0.717, 1.165) is 5.69 Å². The Morgan fingerprint density at radius 3 is 3.00 bits per heavy atom. The van der Waals surface area contributed by atoms with E-state index in [-0.39, 0.29) is 17.3 Å². The van der Waals surface area contributed by atoms with Crippen LogP contribution in [0.4, 0.5) is 0 Å². The summed E-state index contributed by atoms with van der Waals surface area (Å²) in [5.41, 5.74) is 0.832. The van der Waals surface area contributed by atoms with E-state index in [9.17, 15) is 4.79 Å². The summed E-state index contributed by atoms with van der Waals surface area (Å²) in [6.45, 7) is 0. The number of carbonyl (C=O) groups is 1. The van der Waals surface area contributed by atoms with Gasteiger partial charge in [0.05, 0.1) is 12.7 Å². The van der Waals surface area contributed by atoms with Crippen LogP contribution in [0.2, 0.25) is 0 Å². The van der Waals surface area contributed by atoms with Gasteiger partial charge < -0.3 is 14.6 Å². The Balaban J connectivity index is 1.87. The molecule has 0 amide bonds. The topological polar surface area (TPSA) is 118 Å². The minimum Gasteiger partial charge on any atom is -0.476 e. The normalized spacial score (nSPS) is 10.6. The highest BCUT2D eigenvalue weighted by Crippen LogP contribution is 2.18. The molecule has 8 heteroatoms. The van der Waals surface area contributed by atoms with E-state index < -0.39 is 5.97 Å². The molecule has 2 N–H and O–H groups in total. The van der Waals surface area contributed by atoms with Crippen LogP contribution in [0.1, 0.15) is 22.0 Å². The fraction of sp³-hybridized carbons (Fsp3) is 0.0833. The van der Waals surface area contributed by atoms with Gasteiger partial charge in [0.1, 0.15) is 5.69 Å². The van der Waals surface area contributed by atoms with Gasteiger partial charge in [0.2, 0.25) is 0 Å². The largest absolute Gasteiger partial charge is 0.476 e. The molecule has 0 atom stereocenters. The molecule has 3 rings (SSSR count). The van der Waals surface area contributed by atoms with Crippen molar-refractivity contribution in [2.45, 2.75) is 6.42 Å². The zero-order valence-electron chi connectivity index (χ0n) is 10.1. The number of hydrogen-bond donors (Lipinski definition) is 2. The van der Waals surface area contributed by atoms with E-state index in [4.69, 9.17) is 9.63 Å². The fourth-order valence-electron chi connectivity index (χ4n) is 1.71. The lowest BCUT2D eigenvalue weighted by atomic mass is 10.2. The minimum atomic E-state index is -1.16. The molecule has 0 fully saturated rings. The lowest BCUT2D eigenvalue weighted by Crippen LogP contribution is -1.99. The van der Waals surface area contributed by atoms with Crippen molar-refractivity contribution in [2.75, 3.05) is 0 Å². The Morgan fingerprint density at radius 1 is 1.35 bits per heavy atom. The van der Waals surface area contributed by atoms with Crippen molar-refractivity contribution >= 4 is 5.97 Å². The Labute approximate surface area is 112 Å². The van der Waals surface area contributed by atoms with Gasteiger partial charge >= 0.3 is 5.97 Å². The van der Waals surface area contributed by atoms with Crippen LogP contribution in [0.3, 0.4) is 0 Å². The fourth-order valence-corrected chi connectivity index (χ4v) is 1.71. The number of aromatic carboxylic acids is 1. The van der Waals surface area contributed by atoms with Crippen LogP contribution in [0, 0.1) is 0 Å². The van der Waals surface area contributed by atoms with Gasteiger partial charge in [0.25, 0.3) is 5.89 Å². The summed E-state index contributed by atoms with van der Waals surface area (Å²) in [7, 11) is 0. The van der Waals surface area contributed by atoms with Gasteiger partial charge in [-0.15, -0.1) is 0 Å². The van der Waals surface area contributed by atoms with Gasteiger partial charge in [-0.05, 0) is 12.1 Å². The summed E-state index contributed by atoms with van der Waals surface area (Å²) in [5.74, 6) is -0.652. The first kappa shape index (κ1) is 12.0. The van der Waals surface area contributed by atoms with E-state index in [1.165, 1.54) is 6.33 Å². The van der Waals surface area contributed by atoms with Crippen molar-refractivity contribution in [2.24, 2.45) is 0 Å². The van der Waals surface area contributed by atoms with Gasteiger partial charge in [-0.1, -0.05) is 11.2 Å². The van der Waals surface area contributed by atoms with E-state index in [0.29, 0.717) is 12.2 Å². The molecular formula is C12H9N5O3. The molecule has 3 heterocycles. The average molecular weight is 271 g/mol. The van der Waals surface area contributed by atoms with Gasteiger partial charge in [-0.2, -0.15) is 4.98 Å². The van der Waals surface area contributed by atoms with Crippen LogP contribution in [-0.4, -0.2) is 36.2 Å². The number of aromatic amines is 1. The first-order chi connectivity index (χ1) is 9.74. The third-order valence-electron chi connectivity index (χ3n) is 2.59. The summed E-state index contributed by atoms with van der Waals surface area (Å²) in [6, 6.07) is 5.52. The first-order valence-corrected chi connectivity index (χ1v) is 5.73. The molecule has 0 unspecified atom stereocenters. The van der Waals surface area contributed by atoms with Gasteiger partial charge in [0.15, 0.2) is 11.5 Å². The minimum absolute atomic E-state index is 0.0887. The Morgan fingerprint density at radius 2 is 2.25 bits per heavy atom. The lowest BCUT2D eigenvalue weighted by molar-refractivity contribution is 0.0691. The number of nitrogens with one attached hydrogen (secondary N) is 1. The molecule has 0 saturated heterocycles. The zero-order valence-corrected chi connectivity index (χ0v) is 10.1. The van der Waals surface area contributed by atoms with Crippen LogP contribution < -0.4 is 0 Å². The van der Waals surface area contributed by atoms with Gasteiger partial charge in [-0.3, -0.25) is 4.98 Å². The molecule has 3 aromatic rings. The second-order valence-electron chi connectivity index (χ2n) is 3.94. The summed E-state index contributed by atoms with van der Waals surface area (Å²) in [4.78, 5) is 25.6. The molecule has 0 aliphatic rings. The lowest BCUT2D eigenvalue weighted by Gasteiger charge is -1.93. The van der Waals surface area contributed by atoms with E-state index in [2.05, 4.69) is 25.1 Å². The number of carboxylic acids is 1. The summed E-state index contributed by atoms with van der Waals surface area (Å²) in [6.07, 6.45) is 3.34. The second-order valence-corrected chi connectivity index (χ2v) is 3.94. The third kappa shape index (κ3) is 2.26. The van der Waals surface area contributed by atoms with Crippen molar-refractivity contribution in [1.82, 2.24) is 25.1 Å². The Bertz CT molecular complexity index is 734. The molecule has 0 aliphatic heterocycles. The number of pyridine rings is 1. The van der Waals surface area contributed by atoms with Crippen molar-refractivity contribution in [3.05, 3.63) is 47.9 Å². The molecule has 8 nitrogen and oxygen atoms in total. The molecule has 3 aromatic heterocycles. The molecule has 100 valence electrons. The second kappa shape index (κ2) is 4.92. The SMILES string of the molecule is O=C(O)c1nc[nH]c1-c1nc(Cc2ccccn2)no1. The number of aromatic nitrogens is 5. The quantitative estimate of drug-likeness (QED) is 0.730. The number of rotatable bonds is 4. The molecule has 0 spiro atoms.